The number of aliphatic hydroxyl groups excluding tert-OH is 1. The maximum absolute atomic E-state index is 10.2. The van der Waals surface area contributed by atoms with Crippen molar-refractivity contribution in [3.05, 3.63) is 10.8 Å². The van der Waals surface area contributed by atoms with Crippen LogP contribution in [0.15, 0.2) is 10.8 Å². The number of carboxylic acids is 1. The van der Waals surface area contributed by atoms with Crippen molar-refractivity contribution in [1.29, 1.82) is 0 Å². The molecule has 0 rings (SSSR count). The third-order valence-electron chi connectivity index (χ3n) is 1.01. The highest BCUT2D eigenvalue weighted by atomic mass is 35.5. The molecule has 0 aliphatic rings. The van der Waals surface area contributed by atoms with Crippen LogP contribution >= 0.6 is 11.6 Å². The number of hydrogen-bond donors (Lipinski definition) is 2. The molecule has 4 heteroatoms. The van der Waals surface area contributed by atoms with E-state index in [0.717, 1.165) is 0 Å². The Morgan fingerprint density at radius 3 is 2.10 bits per heavy atom. The van der Waals surface area contributed by atoms with Gasteiger partial charge < -0.3 is 10.2 Å². The molecule has 0 saturated carbocycles. The molecule has 2 N–H and O–H groups in total. The molecule has 0 amide bonds. The Hall–Kier alpha value is -0.700. The monoisotopic (exact) mass is 164 g/mol. The maximum atomic E-state index is 10.2. The zero-order valence-electron chi connectivity index (χ0n) is 5.59. The van der Waals surface area contributed by atoms with Gasteiger partial charge in [-0.05, 0) is 18.0 Å². The molecule has 10 heavy (non-hydrogen) atoms. The predicted octanol–water partition coefficient (Wildman–Crippen LogP) is 1.88. The third kappa shape index (κ3) is 2.73. The lowest BCUT2D eigenvalue weighted by Crippen LogP contribution is -2.01. The lowest BCUT2D eigenvalue weighted by atomic mass is 10.2. The summed E-state index contributed by atoms with van der Waals surface area (Å²) in [6, 6.07) is 0. The van der Waals surface area contributed by atoms with Crippen LogP contribution in [0.2, 0.25) is 0 Å². The first kappa shape index (κ1) is 9.30. The Morgan fingerprint density at radius 1 is 1.50 bits per heavy atom. The zero-order chi connectivity index (χ0) is 8.15. The van der Waals surface area contributed by atoms with Gasteiger partial charge in [0.2, 0.25) is 0 Å². The summed E-state index contributed by atoms with van der Waals surface area (Å²) >= 11 is 5.07. The van der Waals surface area contributed by atoms with Gasteiger partial charge in [0.1, 0.15) is 0 Å². The fourth-order valence-corrected chi connectivity index (χ4v) is 0.724. The second-order valence-electron chi connectivity index (χ2n) is 1.82. The van der Waals surface area contributed by atoms with Gasteiger partial charge in [-0.25, -0.2) is 4.79 Å². The van der Waals surface area contributed by atoms with E-state index in [1.807, 2.05) is 6.92 Å². The van der Waals surface area contributed by atoms with Gasteiger partial charge in [0.25, 0.3) is 0 Å². The first-order chi connectivity index (χ1) is 4.59. The van der Waals surface area contributed by atoms with Crippen molar-refractivity contribution < 1.29 is 15.0 Å². The molecule has 0 aromatic carbocycles. The Morgan fingerprint density at radius 2 is 2.00 bits per heavy atom. The van der Waals surface area contributed by atoms with Crippen LogP contribution < -0.4 is 0 Å². The number of halogens is 1. The van der Waals surface area contributed by atoms with Gasteiger partial charge in [-0.1, -0.05) is 13.3 Å². The van der Waals surface area contributed by atoms with Gasteiger partial charge in [0.15, 0.2) is 5.22 Å². The summed E-state index contributed by atoms with van der Waals surface area (Å²) in [5, 5.41) is 16.3. The van der Waals surface area contributed by atoms with E-state index >= 15 is 0 Å². The SMILES string of the molecule is CCCC(C(=O)O)=C(O)Cl. The first-order valence-electron chi connectivity index (χ1n) is 2.90. The fraction of sp³-hybridized carbons (Fsp3) is 0.500. The van der Waals surface area contributed by atoms with E-state index in [0.29, 0.717) is 12.8 Å². The Kier molecular flexibility index (Phi) is 3.88. The molecule has 0 heterocycles. The third-order valence-corrected chi connectivity index (χ3v) is 1.24. The summed E-state index contributed by atoms with van der Waals surface area (Å²) in [6.45, 7) is 1.81. The second-order valence-corrected chi connectivity index (χ2v) is 2.18. The topological polar surface area (TPSA) is 57.5 Å². The van der Waals surface area contributed by atoms with Gasteiger partial charge >= 0.3 is 5.97 Å². The van der Waals surface area contributed by atoms with Gasteiger partial charge in [0, 0.05) is 0 Å². The minimum atomic E-state index is -1.16. The Balaban J connectivity index is 4.28. The van der Waals surface area contributed by atoms with Crippen molar-refractivity contribution in [1.82, 2.24) is 0 Å². The summed E-state index contributed by atoms with van der Waals surface area (Å²) < 4.78 is 0. The molecular formula is C6H9ClO3. The summed E-state index contributed by atoms with van der Waals surface area (Å²) in [7, 11) is 0. The van der Waals surface area contributed by atoms with Gasteiger partial charge in [0.05, 0.1) is 5.57 Å². The van der Waals surface area contributed by atoms with Crippen molar-refractivity contribution in [2.24, 2.45) is 0 Å². The van der Waals surface area contributed by atoms with Crippen molar-refractivity contribution in [3.8, 4) is 0 Å². The quantitative estimate of drug-likeness (QED) is 0.495. The van der Waals surface area contributed by atoms with Crippen LogP contribution in [-0.4, -0.2) is 16.2 Å². The number of hydrogen-bond acceptors (Lipinski definition) is 2. The van der Waals surface area contributed by atoms with Crippen LogP contribution in [0.5, 0.6) is 0 Å². The Bertz CT molecular complexity index is 158. The van der Waals surface area contributed by atoms with Crippen LogP contribution in [-0.2, 0) is 4.79 Å². The molecule has 0 unspecified atom stereocenters. The lowest BCUT2D eigenvalue weighted by Gasteiger charge is -1.97. The molecule has 0 bridgehead atoms. The highest BCUT2D eigenvalue weighted by Gasteiger charge is 2.10. The molecule has 0 aliphatic carbocycles. The second kappa shape index (κ2) is 4.17. The lowest BCUT2D eigenvalue weighted by molar-refractivity contribution is -0.133. The summed E-state index contributed by atoms with van der Waals surface area (Å²) in [5.41, 5.74) is -0.121. The van der Waals surface area contributed by atoms with E-state index in [4.69, 9.17) is 21.8 Å². The van der Waals surface area contributed by atoms with Crippen LogP contribution in [0.4, 0.5) is 0 Å². The van der Waals surface area contributed by atoms with Crippen LogP contribution in [0.3, 0.4) is 0 Å². The first-order valence-corrected chi connectivity index (χ1v) is 3.28. The molecule has 0 fully saturated rings. The van der Waals surface area contributed by atoms with Crippen LogP contribution in [0, 0.1) is 0 Å². The van der Waals surface area contributed by atoms with Crippen molar-refractivity contribution in [3.63, 3.8) is 0 Å². The zero-order valence-corrected chi connectivity index (χ0v) is 6.35. The molecule has 0 spiro atoms. The minimum Gasteiger partial charge on any atom is -0.498 e. The van der Waals surface area contributed by atoms with Crippen LogP contribution in [0.25, 0.3) is 0 Å². The molecule has 3 nitrogen and oxygen atoms in total. The molecule has 0 saturated heterocycles. The van der Waals surface area contributed by atoms with Gasteiger partial charge in [-0.3, -0.25) is 0 Å². The summed E-state index contributed by atoms with van der Waals surface area (Å²) in [4.78, 5) is 10.2. The van der Waals surface area contributed by atoms with E-state index in [2.05, 4.69) is 0 Å². The average Bonchev–Trinajstić information content (AvgIpc) is 1.81. The maximum Gasteiger partial charge on any atom is 0.336 e. The van der Waals surface area contributed by atoms with E-state index in [1.165, 1.54) is 0 Å². The minimum absolute atomic E-state index is 0.121. The van der Waals surface area contributed by atoms with E-state index in [1.54, 1.807) is 0 Å². The predicted molar refractivity (Wildman–Crippen MR) is 38.1 cm³/mol. The molecule has 0 aliphatic heterocycles. The number of aliphatic hydroxyl groups is 1. The standard InChI is InChI=1S/C6H9ClO3/c1-2-3-4(5(7)8)6(9)10/h8H,2-3H2,1H3,(H,9,10). The van der Waals surface area contributed by atoms with Gasteiger partial charge in [-0.15, -0.1) is 0 Å². The summed E-state index contributed by atoms with van der Waals surface area (Å²) in [6.07, 6.45) is 0.948. The largest absolute Gasteiger partial charge is 0.498 e. The summed E-state index contributed by atoms with van der Waals surface area (Å²) in [5.74, 6) is -1.16. The molecule has 0 radical (unpaired) electrons. The molecular weight excluding hydrogens is 156 g/mol. The van der Waals surface area contributed by atoms with Crippen molar-refractivity contribution in [2.45, 2.75) is 19.8 Å². The fourth-order valence-electron chi connectivity index (χ4n) is 0.548. The smallest absolute Gasteiger partial charge is 0.336 e. The number of carboxylic acid groups (broad SMARTS) is 1. The molecule has 0 aromatic heterocycles. The van der Waals surface area contributed by atoms with Gasteiger partial charge in [-0.2, -0.15) is 0 Å². The Labute approximate surface area is 63.9 Å². The number of aliphatic carboxylic acids is 1. The average molecular weight is 165 g/mol. The van der Waals surface area contributed by atoms with E-state index < -0.39 is 11.2 Å². The number of rotatable bonds is 3. The molecule has 0 aromatic rings. The highest BCUT2D eigenvalue weighted by molar-refractivity contribution is 6.30. The highest BCUT2D eigenvalue weighted by Crippen LogP contribution is 2.11. The molecule has 58 valence electrons. The van der Waals surface area contributed by atoms with Crippen LogP contribution in [0.1, 0.15) is 19.8 Å². The van der Waals surface area contributed by atoms with E-state index in [9.17, 15) is 4.79 Å². The van der Waals surface area contributed by atoms with Crippen molar-refractivity contribution >= 4 is 17.6 Å². The molecule has 0 atom stereocenters. The number of carbonyl (C=O) groups is 1. The normalized spacial score (nSPS) is 12.6. The van der Waals surface area contributed by atoms with E-state index in [-0.39, 0.29) is 5.57 Å². The van der Waals surface area contributed by atoms with Crippen molar-refractivity contribution in [2.75, 3.05) is 0 Å².